The molecule has 3 aromatic heterocycles. The average molecular weight is 648 g/mol. The predicted molar refractivity (Wildman–Crippen MR) is 179 cm³/mol. The Morgan fingerprint density at radius 1 is 1.20 bits per heavy atom. The third-order valence-electron chi connectivity index (χ3n) is 8.17. The maximum Gasteiger partial charge on any atom is 0.416 e. The van der Waals surface area contributed by atoms with E-state index in [1.165, 1.54) is 10.8 Å². The minimum atomic E-state index is -4.55. The average Bonchev–Trinajstić information content (AvgIpc) is 3.70. The van der Waals surface area contributed by atoms with Crippen molar-refractivity contribution in [3.63, 3.8) is 0 Å². The van der Waals surface area contributed by atoms with Gasteiger partial charge >= 0.3 is 6.18 Å². The Kier molecular flexibility index (Phi) is 10.0. The lowest BCUT2D eigenvalue weighted by Gasteiger charge is -2.25. The smallest absolute Gasteiger partial charge is 0.361 e. The SMILES string of the molecule is Cc1ccc2[nH]ccc2c1-c1cc(C#CC2CC2)nc(CNC(=O)C(CC(C)C)n2cc(CCN(C)C)c(C(F)(F)F)cc2=S)c1. The van der Waals surface area contributed by atoms with Gasteiger partial charge in [-0.05, 0) is 111 Å². The van der Waals surface area contributed by atoms with Crippen LogP contribution in [0.3, 0.4) is 0 Å². The Bertz CT molecular complexity index is 1860. The van der Waals surface area contributed by atoms with E-state index in [-0.39, 0.29) is 35.0 Å². The molecule has 1 aliphatic rings. The first-order valence-electron chi connectivity index (χ1n) is 15.6. The molecule has 1 saturated carbocycles. The minimum absolute atomic E-state index is 0.0328. The lowest BCUT2D eigenvalue weighted by atomic mass is 9.96. The second-order valence-electron chi connectivity index (χ2n) is 12.8. The Labute approximate surface area is 273 Å². The van der Waals surface area contributed by atoms with Gasteiger partial charge in [0.2, 0.25) is 5.91 Å². The number of aromatic nitrogens is 3. The fourth-order valence-corrected chi connectivity index (χ4v) is 5.95. The molecule has 5 rings (SSSR count). The van der Waals surface area contributed by atoms with Crippen LogP contribution in [-0.2, 0) is 23.9 Å². The molecule has 10 heteroatoms. The van der Waals surface area contributed by atoms with Crippen molar-refractivity contribution in [3.8, 4) is 23.0 Å². The summed E-state index contributed by atoms with van der Waals surface area (Å²) < 4.78 is 43.4. The number of likely N-dealkylation sites (N-methyl/N-ethyl adjacent to an activating group) is 1. The number of aromatic amines is 1. The molecule has 1 fully saturated rings. The van der Waals surface area contributed by atoms with Gasteiger partial charge in [-0.3, -0.25) is 4.79 Å². The Morgan fingerprint density at radius 3 is 2.63 bits per heavy atom. The number of hydrogen-bond acceptors (Lipinski definition) is 4. The summed E-state index contributed by atoms with van der Waals surface area (Å²) in [6, 6.07) is 10.3. The van der Waals surface area contributed by atoms with E-state index in [0.29, 0.717) is 30.3 Å². The Morgan fingerprint density at radius 2 is 1.96 bits per heavy atom. The number of nitrogens with zero attached hydrogens (tertiary/aromatic N) is 3. The van der Waals surface area contributed by atoms with E-state index in [2.05, 4.69) is 41.2 Å². The monoisotopic (exact) mass is 647 g/mol. The van der Waals surface area contributed by atoms with Crippen molar-refractivity contribution in [2.24, 2.45) is 11.8 Å². The number of nitrogens with one attached hydrogen (secondary N) is 2. The van der Waals surface area contributed by atoms with Crippen LogP contribution in [0, 0.1) is 35.2 Å². The molecule has 0 spiro atoms. The minimum Gasteiger partial charge on any atom is -0.361 e. The molecule has 1 aromatic carbocycles. The fraction of sp³-hybridized carbons (Fsp3) is 0.417. The van der Waals surface area contributed by atoms with Gasteiger partial charge in [-0.15, -0.1) is 0 Å². The van der Waals surface area contributed by atoms with Crippen molar-refractivity contribution in [2.45, 2.75) is 65.2 Å². The van der Waals surface area contributed by atoms with E-state index < -0.39 is 17.8 Å². The highest BCUT2D eigenvalue weighted by molar-refractivity contribution is 7.71. The van der Waals surface area contributed by atoms with Crippen molar-refractivity contribution in [2.75, 3.05) is 20.6 Å². The molecule has 4 aromatic rings. The van der Waals surface area contributed by atoms with Crippen LogP contribution in [0.4, 0.5) is 13.2 Å². The standard InChI is InChI=1S/C36H40F3N5OS/c1-22(2)16-32(44-21-25(13-15-43(4)5)30(19-33(44)46)36(37,38)39)35(45)41-20-28-18-26(17-27(42-28)10-9-24-7-8-24)34-23(3)6-11-31-29(34)12-14-40-31/h6,11-12,14,17-19,21-22,24,32,40H,7-8,13,15-16,20H2,1-5H3,(H,41,45). The number of halogens is 3. The second kappa shape index (κ2) is 13.8. The number of rotatable bonds is 10. The maximum atomic E-state index is 14.0. The number of aryl methyl sites for hydroxylation is 1. The van der Waals surface area contributed by atoms with Crippen molar-refractivity contribution >= 4 is 29.0 Å². The molecule has 2 N–H and O–H groups in total. The largest absolute Gasteiger partial charge is 0.416 e. The number of pyridine rings is 2. The van der Waals surface area contributed by atoms with Crippen LogP contribution in [0.2, 0.25) is 0 Å². The topological polar surface area (TPSA) is 66.0 Å². The first kappa shape index (κ1) is 33.4. The van der Waals surface area contributed by atoms with E-state index in [0.717, 1.165) is 46.5 Å². The van der Waals surface area contributed by atoms with Crippen molar-refractivity contribution in [1.82, 2.24) is 24.8 Å². The van der Waals surface area contributed by atoms with Crippen LogP contribution in [0.15, 0.2) is 48.8 Å². The van der Waals surface area contributed by atoms with Crippen LogP contribution in [0.25, 0.3) is 22.0 Å². The van der Waals surface area contributed by atoms with Crippen molar-refractivity contribution in [3.05, 3.63) is 81.5 Å². The normalized spacial score (nSPS) is 14.0. The van der Waals surface area contributed by atoms with E-state index in [1.807, 2.05) is 57.2 Å². The first-order valence-corrected chi connectivity index (χ1v) is 16.0. The van der Waals surface area contributed by atoms with Crippen LogP contribution in [-0.4, -0.2) is 46.0 Å². The summed E-state index contributed by atoms with van der Waals surface area (Å²) >= 11 is 5.46. The molecule has 0 bridgehead atoms. The van der Waals surface area contributed by atoms with Crippen LogP contribution in [0.1, 0.15) is 67.2 Å². The molecular formula is C36H40F3N5OS. The Hall–Kier alpha value is -3.94. The molecule has 0 aliphatic heterocycles. The number of carbonyl (C=O) groups excluding carboxylic acids is 1. The summed E-state index contributed by atoms with van der Waals surface area (Å²) in [6.45, 7) is 6.56. The van der Waals surface area contributed by atoms with E-state index >= 15 is 0 Å². The van der Waals surface area contributed by atoms with Gasteiger partial charge in [0.15, 0.2) is 0 Å². The second-order valence-corrected chi connectivity index (χ2v) is 13.3. The number of alkyl halides is 3. The zero-order chi connectivity index (χ0) is 33.2. The molecule has 1 aliphatic carbocycles. The third-order valence-corrected chi connectivity index (χ3v) is 8.49. The highest BCUT2D eigenvalue weighted by atomic mass is 32.1. The first-order chi connectivity index (χ1) is 21.8. The molecule has 1 atom stereocenters. The number of carbonyl (C=O) groups is 1. The van der Waals surface area contributed by atoms with Crippen LogP contribution in [0.5, 0.6) is 0 Å². The number of hydrogen-bond donors (Lipinski definition) is 2. The quantitative estimate of drug-likeness (QED) is 0.136. The Balaban J connectivity index is 1.48. The highest BCUT2D eigenvalue weighted by Gasteiger charge is 2.35. The fourth-order valence-electron chi connectivity index (χ4n) is 5.65. The number of benzene rings is 1. The zero-order valence-corrected chi connectivity index (χ0v) is 27.7. The van der Waals surface area contributed by atoms with E-state index in [4.69, 9.17) is 17.2 Å². The van der Waals surface area contributed by atoms with Gasteiger partial charge in [0.1, 0.15) is 16.4 Å². The molecule has 1 unspecified atom stereocenters. The lowest BCUT2D eigenvalue weighted by molar-refractivity contribution is -0.138. The van der Waals surface area contributed by atoms with Crippen LogP contribution >= 0.6 is 12.2 Å². The summed E-state index contributed by atoms with van der Waals surface area (Å²) in [7, 11) is 3.62. The van der Waals surface area contributed by atoms with E-state index in [9.17, 15) is 18.0 Å². The molecule has 242 valence electrons. The molecule has 0 saturated heterocycles. The van der Waals surface area contributed by atoms with Gasteiger partial charge in [0, 0.05) is 35.8 Å². The predicted octanol–water partition coefficient (Wildman–Crippen LogP) is 7.86. The van der Waals surface area contributed by atoms with Gasteiger partial charge in [0.05, 0.1) is 17.8 Å². The number of amides is 1. The molecular weight excluding hydrogens is 607 g/mol. The van der Waals surface area contributed by atoms with Gasteiger partial charge in [-0.2, -0.15) is 13.2 Å². The summed E-state index contributed by atoms with van der Waals surface area (Å²) in [5, 5.41) is 4.11. The third kappa shape index (κ3) is 8.06. The summed E-state index contributed by atoms with van der Waals surface area (Å²) in [4.78, 5) is 23.7. The van der Waals surface area contributed by atoms with E-state index in [1.54, 1.807) is 0 Å². The number of fused-ring (bicyclic) bond motifs is 1. The highest BCUT2D eigenvalue weighted by Crippen LogP contribution is 2.35. The molecule has 46 heavy (non-hydrogen) atoms. The van der Waals surface area contributed by atoms with Gasteiger partial charge in [0.25, 0.3) is 0 Å². The zero-order valence-electron chi connectivity index (χ0n) is 26.9. The molecule has 3 heterocycles. The molecule has 1 amide bonds. The molecule has 0 radical (unpaired) electrons. The summed E-state index contributed by atoms with van der Waals surface area (Å²) in [6.07, 6.45) is 1.55. The maximum absolute atomic E-state index is 14.0. The van der Waals surface area contributed by atoms with Crippen molar-refractivity contribution < 1.29 is 18.0 Å². The molecule has 6 nitrogen and oxygen atoms in total. The summed E-state index contributed by atoms with van der Waals surface area (Å²) in [5.41, 5.74) is 4.78. The van der Waals surface area contributed by atoms with Gasteiger partial charge in [-0.25, -0.2) is 4.98 Å². The summed E-state index contributed by atoms with van der Waals surface area (Å²) in [5.74, 6) is 6.68. The van der Waals surface area contributed by atoms with Crippen LogP contribution < -0.4 is 5.32 Å². The van der Waals surface area contributed by atoms with Gasteiger partial charge < -0.3 is 19.8 Å². The number of H-pyrrole nitrogens is 1. The van der Waals surface area contributed by atoms with Gasteiger partial charge in [-0.1, -0.05) is 38.1 Å². The lowest BCUT2D eigenvalue weighted by Crippen LogP contribution is -2.34. The van der Waals surface area contributed by atoms with Crippen molar-refractivity contribution in [1.29, 1.82) is 0 Å².